The van der Waals surface area contributed by atoms with Gasteiger partial charge in [0.1, 0.15) is 11.5 Å². The predicted octanol–water partition coefficient (Wildman–Crippen LogP) is 6.43. The van der Waals surface area contributed by atoms with Crippen LogP contribution in [0.5, 0.6) is 11.5 Å². The van der Waals surface area contributed by atoms with Crippen LogP contribution in [0, 0.1) is 0 Å². The lowest BCUT2D eigenvalue weighted by Crippen LogP contribution is -2.52. The molecule has 36 heavy (non-hydrogen) atoms. The molecule has 4 aromatic rings. The molecule has 1 aliphatic carbocycles. The van der Waals surface area contributed by atoms with Crippen LogP contribution in [0.25, 0.3) is 11.1 Å². The van der Waals surface area contributed by atoms with E-state index in [2.05, 4.69) is 101 Å². The SMILES string of the molecule is c1ccc2c(c1)Oc1ccccc1C21c2ccccc2-c2ccc(N3CCCN4CCCN=C43)cc21. The zero-order valence-electron chi connectivity index (χ0n) is 20.2. The maximum atomic E-state index is 6.48. The number of benzene rings is 4. The summed E-state index contributed by atoms with van der Waals surface area (Å²) in [6.45, 7) is 4.13. The molecular formula is C32H27N3O. The topological polar surface area (TPSA) is 28.1 Å². The highest BCUT2D eigenvalue weighted by atomic mass is 16.5. The molecular weight excluding hydrogens is 442 g/mol. The summed E-state index contributed by atoms with van der Waals surface area (Å²) in [4.78, 5) is 9.87. The second-order valence-corrected chi connectivity index (χ2v) is 10.1. The Balaban J connectivity index is 1.43. The molecule has 0 unspecified atom stereocenters. The van der Waals surface area contributed by atoms with Crippen molar-refractivity contribution in [2.75, 3.05) is 31.1 Å². The van der Waals surface area contributed by atoms with Gasteiger partial charge in [-0.05, 0) is 59.4 Å². The number of guanidine groups is 1. The maximum Gasteiger partial charge on any atom is 0.201 e. The van der Waals surface area contributed by atoms with Gasteiger partial charge in [-0.2, -0.15) is 0 Å². The smallest absolute Gasteiger partial charge is 0.201 e. The number of para-hydroxylation sites is 2. The van der Waals surface area contributed by atoms with E-state index in [0.717, 1.165) is 56.5 Å². The zero-order chi connectivity index (χ0) is 23.7. The van der Waals surface area contributed by atoms with Crippen molar-refractivity contribution in [3.05, 3.63) is 113 Å². The molecule has 0 aromatic heterocycles. The Labute approximate surface area is 211 Å². The molecule has 0 bridgehead atoms. The van der Waals surface area contributed by atoms with Gasteiger partial charge in [0.05, 0.1) is 5.41 Å². The van der Waals surface area contributed by atoms with Crippen molar-refractivity contribution in [1.82, 2.24) is 4.90 Å². The highest BCUT2D eigenvalue weighted by Gasteiger charge is 2.51. The minimum absolute atomic E-state index is 0.419. The molecule has 1 fully saturated rings. The molecule has 4 aromatic carbocycles. The molecule has 1 saturated heterocycles. The van der Waals surface area contributed by atoms with E-state index in [4.69, 9.17) is 9.73 Å². The van der Waals surface area contributed by atoms with Gasteiger partial charge in [0.25, 0.3) is 0 Å². The van der Waals surface area contributed by atoms with Crippen LogP contribution in [0.4, 0.5) is 5.69 Å². The molecule has 8 rings (SSSR count). The van der Waals surface area contributed by atoms with Crippen LogP contribution >= 0.6 is 0 Å². The van der Waals surface area contributed by atoms with Crippen molar-refractivity contribution in [3.63, 3.8) is 0 Å². The van der Waals surface area contributed by atoms with Gasteiger partial charge in [0.15, 0.2) is 0 Å². The first kappa shape index (κ1) is 20.2. The lowest BCUT2D eigenvalue weighted by atomic mass is 9.66. The molecule has 4 nitrogen and oxygen atoms in total. The number of ether oxygens (including phenoxy) is 1. The van der Waals surface area contributed by atoms with Gasteiger partial charge in [-0.1, -0.05) is 66.7 Å². The fraction of sp³-hybridized carbons (Fsp3) is 0.219. The lowest BCUT2D eigenvalue weighted by Gasteiger charge is -2.42. The third-order valence-corrected chi connectivity index (χ3v) is 8.32. The molecule has 0 amide bonds. The number of anilines is 1. The van der Waals surface area contributed by atoms with Gasteiger partial charge < -0.3 is 14.5 Å². The van der Waals surface area contributed by atoms with Crippen LogP contribution in [0.15, 0.2) is 96.0 Å². The van der Waals surface area contributed by atoms with Gasteiger partial charge in [0.2, 0.25) is 5.96 Å². The Bertz CT molecular complexity index is 1510. The van der Waals surface area contributed by atoms with Gasteiger partial charge in [-0.15, -0.1) is 0 Å². The normalized spacial score (nSPS) is 18.4. The monoisotopic (exact) mass is 469 g/mol. The number of aliphatic imine (C=N–C) groups is 1. The summed E-state index contributed by atoms with van der Waals surface area (Å²) in [6.07, 6.45) is 2.30. The molecule has 4 aliphatic rings. The largest absolute Gasteiger partial charge is 0.457 e. The highest BCUT2D eigenvalue weighted by Crippen LogP contribution is 2.62. The molecule has 0 saturated carbocycles. The average Bonchev–Trinajstić information content (AvgIpc) is 3.23. The first-order chi connectivity index (χ1) is 17.9. The van der Waals surface area contributed by atoms with E-state index in [1.54, 1.807) is 0 Å². The summed E-state index contributed by atoms with van der Waals surface area (Å²) in [5.41, 5.74) is 8.50. The number of hydrogen-bond acceptors (Lipinski definition) is 4. The molecule has 1 spiro atoms. The molecule has 3 heterocycles. The third kappa shape index (κ3) is 2.56. The van der Waals surface area contributed by atoms with Crippen molar-refractivity contribution in [2.45, 2.75) is 18.3 Å². The van der Waals surface area contributed by atoms with Gasteiger partial charge >= 0.3 is 0 Å². The number of fused-ring (bicyclic) bond motifs is 10. The Morgan fingerprint density at radius 3 is 2.11 bits per heavy atom. The predicted molar refractivity (Wildman–Crippen MR) is 144 cm³/mol. The first-order valence-electron chi connectivity index (χ1n) is 13.0. The van der Waals surface area contributed by atoms with Crippen molar-refractivity contribution >= 4 is 11.6 Å². The summed E-state index contributed by atoms with van der Waals surface area (Å²) in [7, 11) is 0. The minimum Gasteiger partial charge on any atom is -0.457 e. The lowest BCUT2D eigenvalue weighted by molar-refractivity contribution is 0.360. The number of rotatable bonds is 1. The standard InChI is InChI=1S/C32H27N3O/c1-2-10-25-23(9-1)24-16-15-22(35-20-8-19-34-18-7-17-33-31(34)35)21-28(24)32(25)26-11-3-5-13-29(26)36-30-14-6-4-12-27(30)32/h1-6,9-16,21H,7-8,17-20H2. The van der Waals surface area contributed by atoms with Gasteiger partial charge in [-0.25, -0.2) is 0 Å². The first-order valence-corrected chi connectivity index (χ1v) is 13.0. The van der Waals surface area contributed by atoms with Crippen molar-refractivity contribution in [1.29, 1.82) is 0 Å². The van der Waals surface area contributed by atoms with Crippen molar-refractivity contribution in [2.24, 2.45) is 4.99 Å². The second-order valence-electron chi connectivity index (χ2n) is 10.1. The van der Waals surface area contributed by atoms with Crippen LogP contribution < -0.4 is 9.64 Å². The van der Waals surface area contributed by atoms with E-state index in [0.29, 0.717) is 0 Å². The second kappa shape index (κ2) is 7.47. The van der Waals surface area contributed by atoms with Crippen LogP contribution in [-0.2, 0) is 5.41 Å². The Morgan fingerprint density at radius 1 is 0.639 bits per heavy atom. The average molecular weight is 470 g/mol. The van der Waals surface area contributed by atoms with Crippen LogP contribution in [-0.4, -0.2) is 37.0 Å². The van der Waals surface area contributed by atoms with Crippen molar-refractivity contribution < 1.29 is 4.74 Å². The molecule has 0 radical (unpaired) electrons. The van der Waals surface area contributed by atoms with E-state index in [9.17, 15) is 0 Å². The summed E-state index contributed by atoms with van der Waals surface area (Å²) in [6, 6.07) is 33.1. The highest BCUT2D eigenvalue weighted by molar-refractivity contribution is 5.98. The van der Waals surface area contributed by atoms with Gasteiger partial charge in [0, 0.05) is 43.0 Å². The quantitative estimate of drug-likeness (QED) is 0.278. The fourth-order valence-electron chi connectivity index (χ4n) is 6.88. The summed E-state index contributed by atoms with van der Waals surface area (Å²) in [5, 5.41) is 0. The fourth-order valence-corrected chi connectivity index (χ4v) is 6.88. The molecule has 176 valence electrons. The van der Waals surface area contributed by atoms with E-state index in [1.165, 1.54) is 39.1 Å². The van der Waals surface area contributed by atoms with Gasteiger partial charge in [-0.3, -0.25) is 4.99 Å². The maximum absolute atomic E-state index is 6.48. The van der Waals surface area contributed by atoms with Crippen LogP contribution in [0.2, 0.25) is 0 Å². The Morgan fingerprint density at radius 2 is 1.31 bits per heavy atom. The van der Waals surface area contributed by atoms with E-state index in [-0.39, 0.29) is 0 Å². The van der Waals surface area contributed by atoms with Crippen molar-refractivity contribution in [3.8, 4) is 22.6 Å². The molecule has 3 aliphatic heterocycles. The summed E-state index contributed by atoms with van der Waals surface area (Å²) >= 11 is 0. The van der Waals surface area contributed by atoms with Crippen LogP contribution in [0.3, 0.4) is 0 Å². The Hall–Kier alpha value is -4.05. The zero-order valence-corrected chi connectivity index (χ0v) is 20.2. The van der Waals surface area contributed by atoms with E-state index in [1.807, 2.05) is 0 Å². The van der Waals surface area contributed by atoms with Crippen LogP contribution in [0.1, 0.15) is 35.1 Å². The Kier molecular flexibility index (Phi) is 4.19. The van der Waals surface area contributed by atoms with E-state index >= 15 is 0 Å². The third-order valence-electron chi connectivity index (χ3n) is 8.32. The summed E-state index contributed by atoms with van der Waals surface area (Å²) < 4.78 is 6.48. The van der Waals surface area contributed by atoms with E-state index < -0.39 is 5.41 Å². The number of hydrogen-bond donors (Lipinski definition) is 0. The summed E-state index contributed by atoms with van der Waals surface area (Å²) in [5.74, 6) is 3.01. The molecule has 4 heteroatoms. The molecule has 0 N–H and O–H groups in total. The molecule has 0 atom stereocenters. The minimum atomic E-state index is -0.419. The number of nitrogens with zero attached hydrogens (tertiary/aromatic N) is 3.